The second-order valence-corrected chi connectivity index (χ2v) is 7.90. The fourth-order valence-electron chi connectivity index (χ4n) is 2.13. The van der Waals surface area contributed by atoms with Gasteiger partial charge < -0.3 is 4.90 Å². The van der Waals surface area contributed by atoms with Crippen molar-refractivity contribution in [1.82, 2.24) is 4.90 Å². The van der Waals surface area contributed by atoms with E-state index < -0.39 is 21.5 Å². The molecular weight excluding hydrogens is 334 g/mol. The molecule has 0 heterocycles. The van der Waals surface area contributed by atoms with Crippen LogP contribution in [0.2, 0.25) is 5.02 Å². The highest BCUT2D eigenvalue weighted by Gasteiger charge is 2.20. The molecule has 0 spiro atoms. The van der Waals surface area contributed by atoms with Crippen LogP contribution in [0.3, 0.4) is 0 Å². The number of hydrogen-bond donors (Lipinski definition) is 0. The molecule has 0 N–H and O–H groups in total. The van der Waals surface area contributed by atoms with Gasteiger partial charge in [0.25, 0.3) is 0 Å². The van der Waals surface area contributed by atoms with Gasteiger partial charge in [-0.05, 0) is 23.3 Å². The van der Waals surface area contributed by atoms with Gasteiger partial charge in [0.05, 0.1) is 5.75 Å². The Labute approximate surface area is 141 Å². The summed E-state index contributed by atoms with van der Waals surface area (Å²) < 4.78 is 24.3. The van der Waals surface area contributed by atoms with E-state index in [4.69, 9.17) is 11.6 Å². The Morgan fingerprint density at radius 1 is 1.00 bits per heavy atom. The Hall–Kier alpha value is -1.85. The predicted octanol–water partition coefficient (Wildman–Crippen LogP) is 2.91. The van der Waals surface area contributed by atoms with Crippen molar-refractivity contribution in [3.8, 4) is 0 Å². The maximum absolute atomic E-state index is 12.2. The van der Waals surface area contributed by atoms with Gasteiger partial charge in [0.15, 0.2) is 9.84 Å². The van der Waals surface area contributed by atoms with Crippen LogP contribution < -0.4 is 0 Å². The fourth-order valence-corrected chi connectivity index (χ4v) is 3.65. The van der Waals surface area contributed by atoms with E-state index in [0.717, 1.165) is 5.56 Å². The van der Waals surface area contributed by atoms with Gasteiger partial charge in [-0.15, -0.1) is 0 Å². The molecule has 0 saturated carbocycles. The Balaban J connectivity index is 1.96. The van der Waals surface area contributed by atoms with E-state index in [2.05, 4.69) is 0 Å². The van der Waals surface area contributed by atoms with E-state index in [9.17, 15) is 13.2 Å². The predicted molar refractivity (Wildman–Crippen MR) is 91.9 cm³/mol. The number of benzene rings is 2. The molecule has 0 atom stereocenters. The van der Waals surface area contributed by atoms with E-state index in [1.165, 1.54) is 4.90 Å². The zero-order valence-corrected chi connectivity index (χ0v) is 14.3. The van der Waals surface area contributed by atoms with Crippen LogP contribution in [0, 0.1) is 0 Å². The molecule has 0 bridgehead atoms. The molecule has 0 aliphatic heterocycles. The van der Waals surface area contributed by atoms with Gasteiger partial charge in [0, 0.05) is 18.6 Å². The second kappa shape index (κ2) is 7.62. The Morgan fingerprint density at radius 3 is 2.22 bits per heavy atom. The van der Waals surface area contributed by atoms with Gasteiger partial charge in [-0.3, -0.25) is 4.79 Å². The summed E-state index contributed by atoms with van der Waals surface area (Å²) in [5.74, 6) is -1.09. The average Bonchev–Trinajstić information content (AvgIpc) is 2.50. The number of rotatable bonds is 6. The highest BCUT2D eigenvalue weighted by molar-refractivity contribution is 7.91. The molecule has 0 aliphatic carbocycles. The molecule has 0 aromatic heterocycles. The van der Waals surface area contributed by atoms with Crippen molar-refractivity contribution in [2.75, 3.05) is 12.8 Å². The van der Waals surface area contributed by atoms with Crippen molar-refractivity contribution in [1.29, 1.82) is 0 Å². The summed E-state index contributed by atoms with van der Waals surface area (Å²) in [6.07, 6.45) is 0. The van der Waals surface area contributed by atoms with Crippen LogP contribution in [0.25, 0.3) is 0 Å². The van der Waals surface area contributed by atoms with E-state index in [0.29, 0.717) is 17.1 Å². The summed E-state index contributed by atoms with van der Waals surface area (Å²) >= 11 is 5.78. The van der Waals surface area contributed by atoms with Crippen molar-refractivity contribution in [3.63, 3.8) is 0 Å². The molecule has 122 valence electrons. The Morgan fingerprint density at radius 2 is 1.61 bits per heavy atom. The first-order chi connectivity index (χ1) is 10.9. The number of hydrogen-bond acceptors (Lipinski definition) is 3. The molecule has 0 aliphatic rings. The van der Waals surface area contributed by atoms with Gasteiger partial charge in [-0.1, -0.05) is 54.1 Å². The van der Waals surface area contributed by atoms with Gasteiger partial charge in [0.2, 0.25) is 5.91 Å². The molecule has 2 rings (SSSR count). The minimum Gasteiger partial charge on any atom is -0.341 e. The van der Waals surface area contributed by atoms with Crippen LogP contribution in [0.1, 0.15) is 11.1 Å². The molecule has 0 fully saturated rings. The van der Waals surface area contributed by atoms with Crippen LogP contribution in [0.15, 0.2) is 54.6 Å². The summed E-state index contributed by atoms with van der Waals surface area (Å²) in [7, 11) is -1.91. The smallest absolute Gasteiger partial charge is 0.237 e. The van der Waals surface area contributed by atoms with Crippen LogP contribution in [-0.4, -0.2) is 32.0 Å². The van der Waals surface area contributed by atoms with Crippen molar-refractivity contribution >= 4 is 27.3 Å². The first-order valence-corrected chi connectivity index (χ1v) is 9.28. The van der Waals surface area contributed by atoms with Crippen LogP contribution >= 0.6 is 11.6 Å². The number of halogens is 1. The first-order valence-electron chi connectivity index (χ1n) is 7.08. The highest BCUT2D eigenvalue weighted by atomic mass is 35.5. The molecule has 23 heavy (non-hydrogen) atoms. The van der Waals surface area contributed by atoms with Gasteiger partial charge in [-0.25, -0.2) is 8.42 Å². The maximum Gasteiger partial charge on any atom is 0.237 e. The van der Waals surface area contributed by atoms with Crippen molar-refractivity contribution in [2.24, 2.45) is 0 Å². The van der Waals surface area contributed by atoms with E-state index in [1.807, 2.05) is 30.3 Å². The minimum absolute atomic E-state index is 0.172. The lowest BCUT2D eigenvalue weighted by atomic mass is 10.2. The van der Waals surface area contributed by atoms with E-state index in [-0.39, 0.29) is 5.75 Å². The lowest BCUT2D eigenvalue weighted by molar-refractivity contribution is -0.127. The quantitative estimate of drug-likeness (QED) is 0.804. The zero-order valence-electron chi connectivity index (χ0n) is 12.8. The molecular formula is C17H18ClNO3S. The van der Waals surface area contributed by atoms with Gasteiger partial charge in [-0.2, -0.15) is 0 Å². The Kier molecular flexibility index (Phi) is 5.80. The zero-order chi connectivity index (χ0) is 16.9. The van der Waals surface area contributed by atoms with Gasteiger partial charge in [0.1, 0.15) is 5.75 Å². The largest absolute Gasteiger partial charge is 0.341 e. The minimum atomic E-state index is -3.52. The van der Waals surface area contributed by atoms with Crippen LogP contribution in [0.5, 0.6) is 0 Å². The van der Waals surface area contributed by atoms with Crippen LogP contribution in [-0.2, 0) is 26.9 Å². The molecule has 4 nitrogen and oxygen atoms in total. The molecule has 2 aromatic carbocycles. The summed E-state index contributed by atoms with van der Waals surface area (Å²) in [6, 6.07) is 16.0. The summed E-state index contributed by atoms with van der Waals surface area (Å²) in [5, 5.41) is 0.546. The summed E-state index contributed by atoms with van der Waals surface area (Å²) in [5.41, 5.74) is 1.58. The van der Waals surface area contributed by atoms with E-state index in [1.54, 1.807) is 31.3 Å². The lowest BCUT2D eigenvalue weighted by Crippen LogP contribution is -2.32. The third-order valence-corrected chi connectivity index (χ3v) is 5.04. The SMILES string of the molecule is CN(Cc1ccccc1)C(=O)CS(=O)(=O)Cc1ccc(Cl)cc1. The molecule has 0 unspecified atom stereocenters. The normalized spacial score (nSPS) is 11.2. The topological polar surface area (TPSA) is 54.5 Å². The molecule has 0 saturated heterocycles. The maximum atomic E-state index is 12.2. The first kappa shape index (κ1) is 17.5. The average molecular weight is 352 g/mol. The summed E-state index contributed by atoms with van der Waals surface area (Å²) in [6.45, 7) is 0.385. The number of nitrogens with zero attached hydrogens (tertiary/aromatic N) is 1. The number of carbonyl (C=O) groups excluding carboxylic acids is 1. The molecule has 0 radical (unpaired) electrons. The number of carbonyl (C=O) groups is 1. The number of amides is 1. The third kappa shape index (κ3) is 5.69. The fraction of sp³-hybridized carbons (Fsp3) is 0.235. The number of sulfone groups is 1. The van der Waals surface area contributed by atoms with Crippen molar-refractivity contribution in [2.45, 2.75) is 12.3 Å². The summed E-state index contributed by atoms with van der Waals surface area (Å²) in [4.78, 5) is 13.6. The van der Waals surface area contributed by atoms with Crippen LogP contribution in [0.4, 0.5) is 0 Å². The second-order valence-electron chi connectivity index (χ2n) is 5.39. The Bertz CT molecular complexity index is 758. The molecule has 6 heteroatoms. The van der Waals surface area contributed by atoms with Crippen molar-refractivity contribution < 1.29 is 13.2 Å². The molecule has 1 amide bonds. The van der Waals surface area contributed by atoms with Crippen molar-refractivity contribution in [3.05, 3.63) is 70.7 Å². The van der Waals surface area contributed by atoms with E-state index >= 15 is 0 Å². The third-order valence-electron chi connectivity index (χ3n) is 3.33. The van der Waals surface area contributed by atoms with Gasteiger partial charge >= 0.3 is 0 Å². The highest BCUT2D eigenvalue weighted by Crippen LogP contribution is 2.13. The standard InChI is InChI=1S/C17H18ClNO3S/c1-19(11-14-5-3-2-4-6-14)17(20)13-23(21,22)12-15-7-9-16(18)10-8-15/h2-10H,11-13H2,1H3. The lowest BCUT2D eigenvalue weighted by Gasteiger charge is -2.17. The molecule has 2 aromatic rings. The monoisotopic (exact) mass is 351 g/mol.